The molecule has 0 bridgehead atoms. The number of nitrogens with one attached hydrogen (secondary N) is 1. The maximum atomic E-state index is 11.9. The summed E-state index contributed by atoms with van der Waals surface area (Å²) in [5, 5.41) is 3.10. The highest BCUT2D eigenvalue weighted by molar-refractivity contribution is 5.80. The summed E-state index contributed by atoms with van der Waals surface area (Å²) in [5.74, 6) is 0.725. The fourth-order valence-corrected chi connectivity index (χ4v) is 2.24. The summed E-state index contributed by atoms with van der Waals surface area (Å²) >= 11 is 0. The van der Waals surface area contributed by atoms with Gasteiger partial charge in [-0.05, 0) is 53.1 Å². The van der Waals surface area contributed by atoms with E-state index in [4.69, 9.17) is 4.74 Å². The van der Waals surface area contributed by atoms with E-state index in [1.807, 2.05) is 20.9 Å². The number of likely N-dealkylation sites (N-methyl/N-ethyl adjacent to an activating group) is 1. The third-order valence-electron chi connectivity index (χ3n) is 4.07. The average molecular weight is 256 g/mol. The van der Waals surface area contributed by atoms with Crippen LogP contribution in [0.4, 0.5) is 0 Å². The molecule has 0 aromatic carbocycles. The number of hydrogen-bond donors (Lipinski definition) is 1. The quantitative estimate of drug-likeness (QED) is 0.671. The van der Waals surface area contributed by atoms with Crippen molar-refractivity contribution in [3.05, 3.63) is 0 Å². The Bertz CT molecular complexity index is 267. The first kappa shape index (κ1) is 15.4. The molecule has 106 valence electrons. The molecule has 1 fully saturated rings. The number of carbonyl (C=O) groups excluding carboxylic acids is 1. The van der Waals surface area contributed by atoms with E-state index in [9.17, 15) is 4.79 Å². The molecule has 0 heterocycles. The predicted octanol–water partition coefficient (Wildman–Crippen LogP) is 1.65. The third-order valence-corrected chi connectivity index (χ3v) is 4.07. The van der Waals surface area contributed by atoms with Crippen molar-refractivity contribution in [2.24, 2.45) is 5.92 Å². The minimum absolute atomic E-state index is 0.149. The lowest BCUT2D eigenvalue weighted by Gasteiger charge is -2.33. The van der Waals surface area contributed by atoms with Gasteiger partial charge in [0.1, 0.15) is 5.54 Å². The van der Waals surface area contributed by atoms with Crippen LogP contribution in [0.15, 0.2) is 0 Å². The molecule has 18 heavy (non-hydrogen) atoms. The van der Waals surface area contributed by atoms with Gasteiger partial charge in [0.25, 0.3) is 0 Å². The molecule has 4 nitrogen and oxygen atoms in total. The molecule has 1 N–H and O–H groups in total. The van der Waals surface area contributed by atoms with Crippen LogP contribution in [0.3, 0.4) is 0 Å². The minimum atomic E-state index is -0.566. The van der Waals surface area contributed by atoms with E-state index in [-0.39, 0.29) is 5.97 Å². The lowest BCUT2D eigenvalue weighted by molar-refractivity contribution is -0.150. The molecule has 0 spiro atoms. The Morgan fingerprint density at radius 2 is 2.17 bits per heavy atom. The fraction of sp³-hybridized carbons (Fsp3) is 0.929. The van der Waals surface area contributed by atoms with Crippen molar-refractivity contribution in [2.75, 3.05) is 33.8 Å². The van der Waals surface area contributed by atoms with Crippen molar-refractivity contribution in [3.63, 3.8) is 0 Å². The topological polar surface area (TPSA) is 41.6 Å². The average Bonchev–Trinajstić information content (AvgIpc) is 2.31. The number of carbonyl (C=O) groups is 1. The van der Waals surface area contributed by atoms with Gasteiger partial charge in [-0.15, -0.1) is 0 Å². The van der Waals surface area contributed by atoms with Crippen LogP contribution in [0.2, 0.25) is 0 Å². The van der Waals surface area contributed by atoms with Crippen LogP contribution in [-0.4, -0.2) is 50.2 Å². The van der Waals surface area contributed by atoms with Gasteiger partial charge in [0.05, 0.1) is 6.61 Å². The van der Waals surface area contributed by atoms with Crippen LogP contribution in [0.25, 0.3) is 0 Å². The first-order valence-electron chi connectivity index (χ1n) is 7.06. The van der Waals surface area contributed by atoms with Gasteiger partial charge in [-0.3, -0.25) is 4.79 Å². The van der Waals surface area contributed by atoms with Gasteiger partial charge in [-0.1, -0.05) is 6.42 Å². The Morgan fingerprint density at radius 3 is 2.61 bits per heavy atom. The molecule has 0 aliphatic heterocycles. The first-order valence-corrected chi connectivity index (χ1v) is 7.06. The molecular formula is C14H28N2O2. The van der Waals surface area contributed by atoms with Crippen molar-refractivity contribution >= 4 is 5.97 Å². The second-order valence-electron chi connectivity index (χ2n) is 5.61. The Hall–Kier alpha value is -0.610. The van der Waals surface area contributed by atoms with E-state index >= 15 is 0 Å². The standard InChI is InChI=1S/C14H28N2O2/c1-5-18-13(17)14(2,15-3)9-10-16(4)11-12-7-6-8-12/h12,15H,5-11H2,1-4H3. The van der Waals surface area contributed by atoms with Gasteiger partial charge in [0.15, 0.2) is 0 Å². The third kappa shape index (κ3) is 4.25. The van der Waals surface area contributed by atoms with Crippen LogP contribution in [-0.2, 0) is 9.53 Å². The van der Waals surface area contributed by atoms with E-state index < -0.39 is 5.54 Å². The van der Waals surface area contributed by atoms with Crippen molar-refractivity contribution in [1.82, 2.24) is 10.2 Å². The van der Waals surface area contributed by atoms with Gasteiger partial charge in [0, 0.05) is 13.1 Å². The summed E-state index contributed by atoms with van der Waals surface area (Å²) in [6, 6.07) is 0. The highest BCUT2D eigenvalue weighted by atomic mass is 16.5. The number of esters is 1. The predicted molar refractivity (Wildman–Crippen MR) is 73.6 cm³/mol. The van der Waals surface area contributed by atoms with Crippen molar-refractivity contribution in [3.8, 4) is 0 Å². The van der Waals surface area contributed by atoms with Crippen LogP contribution in [0.1, 0.15) is 39.5 Å². The maximum Gasteiger partial charge on any atom is 0.326 e. The summed E-state index contributed by atoms with van der Waals surface area (Å²) in [7, 11) is 3.96. The molecule has 1 rings (SSSR count). The molecule has 0 aromatic rings. The largest absolute Gasteiger partial charge is 0.465 e. The zero-order chi connectivity index (χ0) is 13.6. The molecule has 0 amide bonds. The van der Waals surface area contributed by atoms with Crippen molar-refractivity contribution < 1.29 is 9.53 Å². The molecule has 1 atom stereocenters. The molecule has 0 saturated heterocycles. The van der Waals surface area contributed by atoms with Gasteiger partial charge in [-0.2, -0.15) is 0 Å². The Labute approximate surface area is 111 Å². The van der Waals surface area contributed by atoms with Crippen LogP contribution in [0.5, 0.6) is 0 Å². The summed E-state index contributed by atoms with van der Waals surface area (Å²) < 4.78 is 5.12. The van der Waals surface area contributed by atoms with Gasteiger partial charge >= 0.3 is 5.97 Å². The molecule has 0 radical (unpaired) electrons. The lowest BCUT2D eigenvalue weighted by Crippen LogP contribution is -2.50. The molecule has 1 saturated carbocycles. The van der Waals surface area contributed by atoms with Gasteiger partial charge in [-0.25, -0.2) is 0 Å². The smallest absolute Gasteiger partial charge is 0.326 e. The minimum Gasteiger partial charge on any atom is -0.465 e. The molecule has 1 aliphatic carbocycles. The van der Waals surface area contributed by atoms with Crippen LogP contribution < -0.4 is 5.32 Å². The Morgan fingerprint density at radius 1 is 1.50 bits per heavy atom. The van der Waals surface area contributed by atoms with E-state index in [0.717, 1.165) is 25.4 Å². The van der Waals surface area contributed by atoms with Crippen molar-refractivity contribution in [2.45, 2.75) is 45.1 Å². The SMILES string of the molecule is CCOC(=O)C(C)(CCN(C)CC1CCC1)NC. The zero-order valence-electron chi connectivity index (χ0n) is 12.3. The number of ether oxygens (including phenoxy) is 1. The monoisotopic (exact) mass is 256 g/mol. The molecule has 1 aliphatic rings. The lowest BCUT2D eigenvalue weighted by atomic mass is 9.85. The molecule has 4 heteroatoms. The summed E-state index contributed by atoms with van der Waals surface area (Å²) in [4.78, 5) is 14.2. The van der Waals surface area contributed by atoms with Crippen LogP contribution >= 0.6 is 0 Å². The highest BCUT2D eigenvalue weighted by Gasteiger charge is 2.33. The van der Waals surface area contributed by atoms with E-state index in [2.05, 4.69) is 17.3 Å². The Kier molecular flexibility index (Phi) is 6.09. The first-order chi connectivity index (χ1) is 8.51. The summed E-state index contributed by atoms with van der Waals surface area (Å²) in [5.41, 5.74) is -0.566. The number of hydrogen-bond acceptors (Lipinski definition) is 4. The van der Waals surface area contributed by atoms with Crippen molar-refractivity contribution in [1.29, 1.82) is 0 Å². The van der Waals surface area contributed by atoms with E-state index in [0.29, 0.717) is 6.61 Å². The molecule has 0 aromatic heterocycles. The summed E-state index contributed by atoms with van der Waals surface area (Å²) in [6.07, 6.45) is 4.90. The fourth-order valence-electron chi connectivity index (χ4n) is 2.24. The van der Waals surface area contributed by atoms with Gasteiger partial charge in [0.2, 0.25) is 0 Å². The number of nitrogens with zero attached hydrogens (tertiary/aromatic N) is 1. The van der Waals surface area contributed by atoms with E-state index in [1.54, 1.807) is 0 Å². The second-order valence-corrected chi connectivity index (χ2v) is 5.61. The Balaban J connectivity index is 2.34. The normalized spacial score (nSPS) is 19.4. The molecule has 1 unspecified atom stereocenters. The number of rotatable bonds is 8. The van der Waals surface area contributed by atoms with E-state index in [1.165, 1.54) is 19.3 Å². The summed E-state index contributed by atoms with van der Waals surface area (Å²) in [6.45, 7) is 6.28. The van der Waals surface area contributed by atoms with Gasteiger partial charge < -0.3 is 15.0 Å². The zero-order valence-corrected chi connectivity index (χ0v) is 12.3. The second kappa shape index (κ2) is 7.10. The highest BCUT2D eigenvalue weighted by Crippen LogP contribution is 2.27. The molecular weight excluding hydrogens is 228 g/mol. The van der Waals surface area contributed by atoms with Crippen LogP contribution in [0, 0.1) is 5.92 Å². The maximum absolute atomic E-state index is 11.9.